The summed E-state index contributed by atoms with van der Waals surface area (Å²) in [6.07, 6.45) is 1.60. The first-order chi connectivity index (χ1) is 16.9. The van der Waals surface area contributed by atoms with Crippen molar-refractivity contribution in [2.45, 2.75) is 22.6 Å². The standard InChI is InChI=1S/C24H34N4O6S/c1-33-15-3-13-25-17-23(29)27-19-5-9-21(10-6-19)35(31,32)22-11-7-20(8-12-22)28-24(30)18-26-14-4-16-34-2/h5-12,25-26H,3-4,13-18H2,1-2H3,(H,27,29)(H,28,30). The zero-order chi connectivity index (χ0) is 25.5. The Morgan fingerprint density at radius 3 is 1.40 bits per heavy atom. The third-order valence-electron chi connectivity index (χ3n) is 4.87. The number of sulfone groups is 1. The van der Waals surface area contributed by atoms with Crippen LogP contribution in [0.2, 0.25) is 0 Å². The van der Waals surface area contributed by atoms with E-state index in [2.05, 4.69) is 21.3 Å². The largest absolute Gasteiger partial charge is 0.385 e. The molecule has 2 rings (SSSR count). The van der Waals surface area contributed by atoms with Gasteiger partial charge in [0.1, 0.15) is 0 Å². The van der Waals surface area contributed by atoms with Gasteiger partial charge in [-0.15, -0.1) is 0 Å². The zero-order valence-corrected chi connectivity index (χ0v) is 20.9. The number of methoxy groups -OCH3 is 2. The summed E-state index contributed by atoms with van der Waals surface area (Å²) < 4.78 is 35.8. The molecule has 0 saturated carbocycles. The Labute approximate surface area is 206 Å². The van der Waals surface area contributed by atoms with Crippen molar-refractivity contribution in [1.29, 1.82) is 0 Å². The van der Waals surface area contributed by atoms with Gasteiger partial charge >= 0.3 is 0 Å². The number of anilines is 2. The molecule has 0 atom stereocenters. The first-order valence-electron chi connectivity index (χ1n) is 11.3. The van der Waals surface area contributed by atoms with Crippen LogP contribution in [0.5, 0.6) is 0 Å². The Morgan fingerprint density at radius 1 is 0.686 bits per heavy atom. The SMILES string of the molecule is COCCCNCC(=O)Nc1ccc(S(=O)(=O)c2ccc(NC(=O)CNCCCOC)cc2)cc1. The maximum atomic E-state index is 12.9. The molecule has 0 saturated heterocycles. The summed E-state index contributed by atoms with van der Waals surface area (Å²) in [7, 11) is -0.503. The number of carbonyl (C=O) groups excluding carboxylic acids is 2. The van der Waals surface area contributed by atoms with Crippen LogP contribution >= 0.6 is 0 Å². The van der Waals surface area contributed by atoms with E-state index in [1.807, 2.05) is 0 Å². The smallest absolute Gasteiger partial charge is 0.238 e. The molecule has 0 spiro atoms. The Hall–Kier alpha value is -2.83. The number of amides is 2. The minimum atomic E-state index is -3.75. The van der Waals surface area contributed by atoms with Crippen LogP contribution in [0.1, 0.15) is 12.8 Å². The van der Waals surface area contributed by atoms with Gasteiger partial charge in [-0.2, -0.15) is 0 Å². The third kappa shape index (κ3) is 10.1. The van der Waals surface area contributed by atoms with E-state index in [1.165, 1.54) is 24.3 Å². The predicted molar refractivity (Wildman–Crippen MR) is 134 cm³/mol. The second kappa shape index (κ2) is 15.2. The number of carbonyl (C=O) groups is 2. The summed E-state index contributed by atoms with van der Waals surface area (Å²) in [5, 5.41) is 11.5. The van der Waals surface area contributed by atoms with E-state index in [0.29, 0.717) is 37.7 Å². The summed E-state index contributed by atoms with van der Waals surface area (Å²) in [4.78, 5) is 24.2. The summed E-state index contributed by atoms with van der Waals surface area (Å²) in [5.41, 5.74) is 1.00. The van der Waals surface area contributed by atoms with Crippen molar-refractivity contribution in [3.8, 4) is 0 Å². The van der Waals surface area contributed by atoms with Crippen molar-refractivity contribution in [2.75, 3.05) is 64.2 Å². The van der Waals surface area contributed by atoms with E-state index in [1.54, 1.807) is 38.5 Å². The van der Waals surface area contributed by atoms with Gasteiger partial charge in [-0.3, -0.25) is 9.59 Å². The number of hydrogen-bond donors (Lipinski definition) is 4. The molecular weight excluding hydrogens is 472 g/mol. The average molecular weight is 507 g/mol. The monoisotopic (exact) mass is 506 g/mol. The van der Waals surface area contributed by atoms with Gasteiger partial charge in [0.15, 0.2) is 0 Å². The number of benzene rings is 2. The number of ether oxygens (including phenoxy) is 2. The average Bonchev–Trinajstić information content (AvgIpc) is 2.84. The second-order valence-corrected chi connectivity index (χ2v) is 9.64. The van der Waals surface area contributed by atoms with Crippen molar-refractivity contribution in [2.24, 2.45) is 0 Å². The van der Waals surface area contributed by atoms with E-state index < -0.39 is 9.84 Å². The third-order valence-corrected chi connectivity index (χ3v) is 6.66. The van der Waals surface area contributed by atoms with Crippen molar-refractivity contribution >= 4 is 33.0 Å². The molecule has 192 valence electrons. The van der Waals surface area contributed by atoms with Crippen LogP contribution in [0.4, 0.5) is 11.4 Å². The lowest BCUT2D eigenvalue weighted by atomic mass is 10.3. The van der Waals surface area contributed by atoms with Gasteiger partial charge in [0, 0.05) is 38.8 Å². The molecule has 0 bridgehead atoms. The molecule has 0 radical (unpaired) electrons. The molecule has 0 heterocycles. The van der Waals surface area contributed by atoms with Crippen LogP contribution < -0.4 is 21.3 Å². The lowest BCUT2D eigenvalue weighted by molar-refractivity contribution is -0.116. The summed E-state index contributed by atoms with van der Waals surface area (Å²) in [6.45, 7) is 2.86. The molecule has 0 aliphatic heterocycles. The topological polar surface area (TPSA) is 135 Å². The molecule has 4 N–H and O–H groups in total. The number of rotatable bonds is 16. The van der Waals surface area contributed by atoms with Crippen LogP contribution in [0.3, 0.4) is 0 Å². The molecule has 0 aliphatic carbocycles. The molecule has 0 fully saturated rings. The van der Waals surface area contributed by atoms with E-state index in [4.69, 9.17) is 9.47 Å². The molecule has 11 heteroatoms. The molecule has 35 heavy (non-hydrogen) atoms. The summed E-state index contributed by atoms with van der Waals surface area (Å²) in [5.74, 6) is -0.443. The highest BCUT2D eigenvalue weighted by Gasteiger charge is 2.18. The normalized spacial score (nSPS) is 11.3. The van der Waals surface area contributed by atoms with Crippen LogP contribution in [0, 0.1) is 0 Å². The Kier molecular flexibility index (Phi) is 12.4. The van der Waals surface area contributed by atoms with Crippen LogP contribution in [0.25, 0.3) is 0 Å². The fourth-order valence-electron chi connectivity index (χ4n) is 3.07. The minimum absolute atomic E-state index is 0.102. The molecule has 0 aromatic heterocycles. The van der Waals surface area contributed by atoms with Crippen molar-refractivity contribution in [3.05, 3.63) is 48.5 Å². The van der Waals surface area contributed by atoms with Gasteiger partial charge < -0.3 is 30.7 Å². The van der Waals surface area contributed by atoms with Crippen molar-refractivity contribution in [3.63, 3.8) is 0 Å². The van der Waals surface area contributed by atoms with E-state index in [0.717, 1.165) is 12.8 Å². The van der Waals surface area contributed by atoms with Crippen LogP contribution in [-0.2, 0) is 28.9 Å². The van der Waals surface area contributed by atoms with Gasteiger partial charge in [-0.1, -0.05) is 0 Å². The Morgan fingerprint density at radius 2 is 1.06 bits per heavy atom. The molecular formula is C24H34N4O6S. The maximum Gasteiger partial charge on any atom is 0.238 e. The number of hydrogen-bond acceptors (Lipinski definition) is 8. The van der Waals surface area contributed by atoms with Gasteiger partial charge in [0.25, 0.3) is 0 Å². The first-order valence-corrected chi connectivity index (χ1v) is 12.8. The molecule has 2 aromatic carbocycles. The van der Waals surface area contributed by atoms with Gasteiger partial charge in [0.05, 0.1) is 22.9 Å². The van der Waals surface area contributed by atoms with E-state index >= 15 is 0 Å². The highest BCUT2D eigenvalue weighted by atomic mass is 32.2. The second-order valence-electron chi connectivity index (χ2n) is 7.69. The highest BCUT2D eigenvalue weighted by Crippen LogP contribution is 2.23. The maximum absolute atomic E-state index is 12.9. The number of nitrogens with one attached hydrogen (secondary N) is 4. The summed E-state index contributed by atoms with van der Waals surface area (Å²) in [6, 6.07) is 12.0. The lowest BCUT2D eigenvalue weighted by Gasteiger charge is -2.10. The Balaban J connectivity index is 1.87. The van der Waals surface area contributed by atoms with Crippen LogP contribution in [-0.4, -0.2) is 73.8 Å². The van der Waals surface area contributed by atoms with Gasteiger partial charge in [-0.25, -0.2) is 8.42 Å². The van der Waals surface area contributed by atoms with Crippen LogP contribution in [0.15, 0.2) is 58.3 Å². The zero-order valence-electron chi connectivity index (χ0n) is 20.1. The first kappa shape index (κ1) is 28.4. The fraction of sp³-hybridized carbons (Fsp3) is 0.417. The van der Waals surface area contributed by atoms with Crippen molar-refractivity contribution in [1.82, 2.24) is 10.6 Å². The quantitative estimate of drug-likeness (QED) is 0.253. The predicted octanol–water partition coefficient (Wildman–Crippen LogP) is 1.65. The Bertz CT molecular complexity index is 949. The van der Waals surface area contributed by atoms with Gasteiger partial charge in [-0.05, 0) is 74.5 Å². The minimum Gasteiger partial charge on any atom is -0.385 e. The fourth-order valence-corrected chi connectivity index (χ4v) is 4.33. The molecule has 0 unspecified atom stereocenters. The van der Waals surface area contributed by atoms with Gasteiger partial charge in [0.2, 0.25) is 21.7 Å². The lowest BCUT2D eigenvalue weighted by Crippen LogP contribution is -2.29. The highest BCUT2D eigenvalue weighted by molar-refractivity contribution is 7.91. The molecule has 2 aromatic rings. The van der Waals surface area contributed by atoms with Crippen molar-refractivity contribution < 1.29 is 27.5 Å². The van der Waals surface area contributed by atoms with E-state index in [9.17, 15) is 18.0 Å². The van der Waals surface area contributed by atoms with E-state index in [-0.39, 0.29) is 34.7 Å². The molecule has 10 nitrogen and oxygen atoms in total. The molecule has 0 aliphatic rings. The molecule has 2 amide bonds. The summed E-state index contributed by atoms with van der Waals surface area (Å²) >= 11 is 0.